The van der Waals surface area contributed by atoms with Gasteiger partial charge in [0.15, 0.2) is 6.10 Å². The molecule has 0 saturated carbocycles. The lowest BCUT2D eigenvalue weighted by Gasteiger charge is -2.18. The Morgan fingerprint density at radius 2 is 0.456 bits per heavy atom. The molecule has 6 nitrogen and oxygen atoms in total. The first kappa shape index (κ1) is 76.9. The molecule has 0 aromatic rings. The Balaban J connectivity index is 4.30. The zero-order chi connectivity index (χ0) is 57.1. The highest BCUT2D eigenvalue weighted by Crippen LogP contribution is 2.19. The Labute approximate surface area is 493 Å². The molecule has 466 valence electrons. The molecule has 0 amide bonds. The molecule has 1 atom stereocenters. The molecule has 0 spiro atoms. The summed E-state index contributed by atoms with van der Waals surface area (Å²) in [7, 11) is 0. The molecule has 0 heterocycles. The van der Waals surface area contributed by atoms with Gasteiger partial charge in [-0.3, -0.25) is 14.4 Å². The highest BCUT2D eigenvalue weighted by atomic mass is 16.6. The van der Waals surface area contributed by atoms with Gasteiger partial charge >= 0.3 is 17.9 Å². The molecular weight excluding hydrogens is 973 g/mol. The van der Waals surface area contributed by atoms with Crippen LogP contribution >= 0.6 is 0 Å². The van der Waals surface area contributed by atoms with Crippen molar-refractivity contribution in [2.45, 2.75) is 412 Å². The van der Waals surface area contributed by atoms with Gasteiger partial charge in [-0.05, 0) is 51.4 Å². The number of carbonyl (C=O) groups excluding carboxylic acids is 3. The number of ether oxygens (including phenoxy) is 3. The van der Waals surface area contributed by atoms with E-state index in [1.165, 1.54) is 302 Å². The van der Waals surface area contributed by atoms with Crippen molar-refractivity contribution in [3.05, 3.63) is 24.3 Å². The second kappa shape index (κ2) is 68.4. The van der Waals surface area contributed by atoms with Crippen molar-refractivity contribution in [1.29, 1.82) is 0 Å². The topological polar surface area (TPSA) is 78.9 Å². The standard InChI is InChI=1S/C73H138O6/c1-4-7-10-13-16-19-22-25-28-31-34-36-38-39-42-45-48-51-54-57-60-63-66-72(75)78-69-70(68-77-71(74)65-62-59-56-53-50-47-44-41-33-30-27-24-21-18-15-12-9-6-3)79-73(76)67-64-61-58-55-52-49-46-43-40-37-35-32-29-26-23-20-17-14-11-8-5-2/h23,26,32,35,70H,4-22,24-25,27-31,33-34,36-69H2,1-3H3/b26-23-,35-32-. The maximum absolute atomic E-state index is 13.0. The predicted octanol–water partition coefficient (Wildman–Crippen LogP) is 24.6. The van der Waals surface area contributed by atoms with Crippen LogP contribution in [0.2, 0.25) is 0 Å². The molecule has 0 aliphatic heterocycles. The number of rotatable bonds is 67. The van der Waals surface area contributed by atoms with Gasteiger partial charge in [0.2, 0.25) is 0 Å². The van der Waals surface area contributed by atoms with Gasteiger partial charge in [-0.25, -0.2) is 0 Å². The molecule has 0 radical (unpaired) electrons. The Hall–Kier alpha value is -2.11. The van der Waals surface area contributed by atoms with Gasteiger partial charge in [0.25, 0.3) is 0 Å². The summed E-state index contributed by atoms with van der Waals surface area (Å²) in [6.45, 7) is 6.72. The molecule has 0 fully saturated rings. The van der Waals surface area contributed by atoms with Crippen LogP contribution in [0.4, 0.5) is 0 Å². The summed E-state index contributed by atoms with van der Waals surface area (Å²) >= 11 is 0. The molecule has 0 aliphatic carbocycles. The molecule has 0 aromatic carbocycles. The van der Waals surface area contributed by atoms with Crippen LogP contribution in [0.1, 0.15) is 406 Å². The van der Waals surface area contributed by atoms with E-state index < -0.39 is 6.10 Å². The van der Waals surface area contributed by atoms with E-state index in [-0.39, 0.29) is 31.1 Å². The summed E-state index contributed by atoms with van der Waals surface area (Å²) in [5.74, 6) is -0.834. The number of hydrogen-bond donors (Lipinski definition) is 0. The van der Waals surface area contributed by atoms with Crippen LogP contribution < -0.4 is 0 Å². The van der Waals surface area contributed by atoms with Crippen molar-refractivity contribution >= 4 is 17.9 Å². The van der Waals surface area contributed by atoms with E-state index in [1.807, 2.05) is 0 Å². The molecule has 79 heavy (non-hydrogen) atoms. The first-order valence-corrected chi connectivity index (χ1v) is 35.8. The zero-order valence-electron chi connectivity index (χ0n) is 53.7. The van der Waals surface area contributed by atoms with Crippen LogP contribution in [-0.2, 0) is 28.6 Å². The highest BCUT2D eigenvalue weighted by Gasteiger charge is 2.19. The average molecular weight is 1110 g/mol. The summed E-state index contributed by atoms with van der Waals surface area (Å²) in [5.41, 5.74) is 0. The van der Waals surface area contributed by atoms with Crippen LogP contribution in [-0.4, -0.2) is 37.2 Å². The molecule has 0 aromatic heterocycles. The summed E-state index contributed by atoms with van der Waals surface area (Å²) in [6.07, 6.45) is 83.4. The van der Waals surface area contributed by atoms with Gasteiger partial charge in [-0.1, -0.05) is 360 Å². The second-order valence-electron chi connectivity index (χ2n) is 24.5. The van der Waals surface area contributed by atoms with Gasteiger partial charge in [0.1, 0.15) is 13.2 Å². The third-order valence-corrected chi connectivity index (χ3v) is 16.5. The minimum Gasteiger partial charge on any atom is -0.462 e. The molecule has 0 aliphatic rings. The van der Waals surface area contributed by atoms with E-state index in [0.717, 1.165) is 64.2 Å². The molecule has 0 saturated heterocycles. The molecule has 0 bridgehead atoms. The third kappa shape index (κ3) is 66.6. The van der Waals surface area contributed by atoms with Crippen LogP contribution in [0.3, 0.4) is 0 Å². The maximum atomic E-state index is 13.0. The SMILES string of the molecule is CCCCCCC/C=C\C/C=C\CCCCCCCCCCCC(=O)OC(COC(=O)CCCCCCCCCCCCCCCCCCCC)COC(=O)CCCCCCCCCCCCCCCCCCCCCCCC. The first-order valence-electron chi connectivity index (χ1n) is 35.8. The first-order chi connectivity index (χ1) is 39.0. The smallest absolute Gasteiger partial charge is 0.306 e. The lowest BCUT2D eigenvalue weighted by molar-refractivity contribution is -0.167. The number of carbonyl (C=O) groups is 3. The van der Waals surface area contributed by atoms with Crippen molar-refractivity contribution in [3.63, 3.8) is 0 Å². The van der Waals surface area contributed by atoms with Crippen molar-refractivity contribution in [1.82, 2.24) is 0 Å². The largest absolute Gasteiger partial charge is 0.462 e. The van der Waals surface area contributed by atoms with E-state index in [2.05, 4.69) is 45.1 Å². The molecular formula is C73H138O6. The minimum atomic E-state index is -0.771. The summed E-state index contributed by atoms with van der Waals surface area (Å²) in [5, 5.41) is 0. The van der Waals surface area contributed by atoms with Crippen LogP contribution in [0.15, 0.2) is 24.3 Å². The minimum absolute atomic E-state index is 0.0662. The Bertz CT molecular complexity index is 1270. The van der Waals surface area contributed by atoms with E-state index in [1.54, 1.807) is 0 Å². The van der Waals surface area contributed by atoms with E-state index in [4.69, 9.17) is 14.2 Å². The van der Waals surface area contributed by atoms with Crippen LogP contribution in [0, 0.1) is 0 Å². The fraction of sp³-hybridized carbons (Fsp3) is 0.904. The Morgan fingerprint density at radius 3 is 0.696 bits per heavy atom. The zero-order valence-corrected chi connectivity index (χ0v) is 53.7. The Kier molecular flexibility index (Phi) is 66.6. The molecule has 6 heteroatoms. The van der Waals surface area contributed by atoms with E-state index >= 15 is 0 Å². The van der Waals surface area contributed by atoms with Crippen LogP contribution in [0.25, 0.3) is 0 Å². The number of hydrogen-bond acceptors (Lipinski definition) is 6. The second-order valence-corrected chi connectivity index (χ2v) is 24.5. The maximum Gasteiger partial charge on any atom is 0.306 e. The fourth-order valence-electron chi connectivity index (χ4n) is 11.1. The van der Waals surface area contributed by atoms with Crippen molar-refractivity contribution in [3.8, 4) is 0 Å². The van der Waals surface area contributed by atoms with Crippen molar-refractivity contribution in [2.24, 2.45) is 0 Å². The quantitative estimate of drug-likeness (QED) is 0.0261. The summed E-state index contributed by atoms with van der Waals surface area (Å²) in [4.78, 5) is 38.5. The highest BCUT2D eigenvalue weighted by molar-refractivity contribution is 5.71. The van der Waals surface area contributed by atoms with E-state index in [0.29, 0.717) is 19.3 Å². The van der Waals surface area contributed by atoms with Gasteiger partial charge < -0.3 is 14.2 Å². The van der Waals surface area contributed by atoms with Gasteiger partial charge in [0, 0.05) is 19.3 Å². The molecule has 0 N–H and O–H groups in total. The number of unbranched alkanes of at least 4 members (excludes halogenated alkanes) is 52. The molecule has 0 rings (SSSR count). The fourth-order valence-corrected chi connectivity index (χ4v) is 11.1. The van der Waals surface area contributed by atoms with Crippen molar-refractivity contribution < 1.29 is 28.6 Å². The van der Waals surface area contributed by atoms with Crippen LogP contribution in [0.5, 0.6) is 0 Å². The number of allylic oxidation sites excluding steroid dienone is 4. The summed E-state index contributed by atoms with van der Waals surface area (Å²) in [6, 6.07) is 0. The van der Waals surface area contributed by atoms with Gasteiger partial charge in [0.05, 0.1) is 0 Å². The normalized spacial score (nSPS) is 12.1. The Morgan fingerprint density at radius 1 is 0.253 bits per heavy atom. The summed E-state index contributed by atoms with van der Waals surface area (Å²) < 4.78 is 17.0. The van der Waals surface area contributed by atoms with E-state index in [9.17, 15) is 14.4 Å². The predicted molar refractivity (Wildman–Crippen MR) is 344 cm³/mol. The molecule has 1 unspecified atom stereocenters. The van der Waals surface area contributed by atoms with Gasteiger partial charge in [-0.15, -0.1) is 0 Å². The van der Waals surface area contributed by atoms with Gasteiger partial charge in [-0.2, -0.15) is 0 Å². The monoisotopic (exact) mass is 1110 g/mol. The average Bonchev–Trinajstić information content (AvgIpc) is 3.45. The van der Waals surface area contributed by atoms with Crippen molar-refractivity contribution in [2.75, 3.05) is 13.2 Å². The lowest BCUT2D eigenvalue weighted by atomic mass is 10.0. The number of esters is 3. The lowest BCUT2D eigenvalue weighted by Crippen LogP contribution is -2.30. The third-order valence-electron chi connectivity index (χ3n) is 16.5.